The van der Waals surface area contributed by atoms with Crippen molar-refractivity contribution in [1.82, 2.24) is 0 Å². The lowest BCUT2D eigenvalue weighted by Gasteiger charge is -1.94. The van der Waals surface area contributed by atoms with E-state index in [0.717, 1.165) is 0 Å². The molecule has 1 rings (SSSR count). The topological polar surface area (TPSA) is 46.5 Å². The zero-order chi connectivity index (χ0) is 7.56. The predicted octanol–water partition coefficient (Wildman–Crippen LogP) is 0.235. The van der Waals surface area contributed by atoms with E-state index < -0.39 is 5.92 Å². The number of ketones is 2. The molecule has 1 aliphatic rings. The zero-order valence-electron chi connectivity index (χ0n) is 5.83. The van der Waals surface area contributed by atoms with Crippen molar-refractivity contribution < 1.29 is 9.59 Å². The Morgan fingerprint density at radius 3 is 2.30 bits per heavy atom. The third-order valence-corrected chi connectivity index (χ3v) is 1.61. The van der Waals surface area contributed by atoms with Crippen LogP contribution in [0, 0.1) is 5.92 Å². The molecule has 1 fully saturated rings. The molecule has 0 amide bonds. The number of rotatable bonds is 1. The van der Waals surface area contributed by atoms with Crippen LogP contribution in [0.25, 0.3) is 0 Å². The van der Waals surface area contributed by atoms with Crippen molar-refractivity contribution in [3.8, 4) is 0 Å². The Morgan fingerprint density at radius 2 is 1.90 bits per heavy atom. The maximum absolute atomic E-state index is 10.9. The molecule has 0 spiro atoms. The van der Waals surface area contributed by atoms with Crippen molar-refractivity contribution in [2.24, 2.45) is 10.9 Å². The van der Waals surface area contributed by atoms with E-state index in [-0.39, 0.29) is 11.6 Å². The lowest BCUT2D eigenvalue weighted by Crippen LogP contribution is -2.15. The fourth-order valence-corrected chi connectivity index (χ4v) is 1.05. The van der Waals surface area contributed by atoms with Crippen LogP contribution in [0.5, 0.6) is 0 Å². The first-order valence-corrected chi connectivity index (χ1v) is 3.23. The molecular formula is C7H9NO2. The largest absolute Gasteiger partial charge is 0.300 e. The van der Waals surface area contributed by atoms with Gasteiger partial charge in [-0.05, 0) is 0 Å². The number of nitrogens with zero attached hydrogens (tertiary/aromatic N) is 1. The van der Waals surface area contributed by atoms with E-state index in [1.807, 2.05) is 0 Å². The van der Waals surface area contributed by atoms with Gasteiger partial charge < -0.3 is 0 Å². The van der Waals surface area contributed by atoms with Gasteiger partial charge in [0.15, 0.2) is 0 Å². The molecule has 0 N–H and O–H groups in total. The van der Waals surface area contributed by atoms with Crippen LogP contribution in [0.3, 0.4) is 0 Å². The van der Waals surface area contributed by atoms with E-state index in [4.69, 9.17) is 0 Å². The van der Waals surface area contributed by atoms with E-state index in [1.165, 1.54) is 6.21 Å². The van der Waals surface area contributed by atoms with Gasteiger partial charge in [0.2, 0.25) is 0 Å². The summed E-state index contributed by atoms with van der Waals surface area (Å²) in [6.07, 6.45) is 2.22. The minimum absolute atomic E-state index is 0.00981. The molecule has 1 aliphatic carbocycles. The van der Waals surface area contributed by atoms with Gasteiger partial charge >= 0.3 is 0 Å². The van der Waals surface area contributed by atoms with Crippen molar-refractivity contribution in [2.45, 2.75) is 12.8 Å². The third-order valence-electron chi connectivity index (χ3n) is 1.61. The van der Waals surface area contributed by atoms with Crippen LogP contribution in [0.15, 0.2) is 4.99 Å². The molecule has 0 atom stereocenters. The van der Waals surface area contributed by atoms with E-state index in [0.29, 0.717) is 12.8 Å². The van der Waals surface area contributed by atoms with Gasteiger partial charge in [-0.15, -0.1) is 0 Å². The third kappa shape index (κ3) is 1.12. The average molecular weight is 139 g/mol. The fourth-order valence-electron chi connectivity index (χ4n) is 1.05. The first kappa shape index (κ1) is 7.12. The molecule has 0 aromatic carbocycles. The van der Waals surface area contributed by atoms with Gasteiger partial charge in [-0.1, -0.05) is 0 Å². The second-order valence-corrected chi connectivity index (χ2v) is 2.32. The highest BCUT2D eigenvalue weighted by Crippen LogP contribution is 2.15. The smallest absolute Gasteiger partial charge is 0.149 e. The lowest BCUT2D eigenvalue weighted by atomic mass is 10.1. The second-order valence-electron chi connectivity index (χ2n) is 2.32. The van der Waals surface area contributed by atoms with Crippen LogP contribution in [-0.4, -0.2) is 24.8 Å². The van der Waals surface area contributed by atoms with Crippen LogP contribution < -0.4 is 0 Å². The van der Waals surface area contributed by atoms with Crippen molar-refractivity contribution in [1.29, 1.82) is 0 Å². The molecule has 0 aromatic rings. The number of hydrogen-bond donors (Lipinski definition) is 0. The van der Waals surface area contributed by atoms with Crippen molar-refractivity contribution in [2.75, 3.05) is 7.05 Å². The van der Waals surface area contributed by atoms with Crippen LogP contribution in [0.4, 0.5) is 0 Å². The first-order chi connectivity index (χ1) is 4.75. The highest BCUT2D eigenvalue weighted by molar-refractivity contribution is 6.18. The molecule has 10 heavy (non-hydrogen) atoms. The van der Waals surface area contributed by atoms with E-state index in [2.05, 4.69) is 4.99 Å². The van der Waals surface area contributed by atoms with E-state index in [9.17, 15) is 9.59 Å². The van der Waals surface area contributed by atoms with Gasteiger partial charge in [0.25, 0.3) is 0 Å². The highest BCUT2D eigenvalue weighted by Gasteiger charge is 2.30. The summed E-state index contributed by atoms with van der Waals surface area (Å²) in [5, 5.41) is 0. The van der Waals surface area contributed by atoms with E-state index in [1.54, 1.807) is 7.05 Å². The predicted molar refractivity (Wildman–Crippen MR) is 37.2 cm³/mol. The molecule has 1 saturated carbocycles. The Kier molecular flexibility index (Phi) is 1.94. The minimum Gasteiger partial charge on any atom is -0.300 e. The Bertz CT molecular complexity index is 180. The monoisotopic (exact) mass is 139 g/mol. The molecule has 54 valence electrons. The van der Waals surface area contributed by atoms with Crippen LogP contribution >= 0.6 is 0 Å². The summed E-state index contributed by atoms with van der Waals surface area (Å²) in [5.41, 5.74) is 0. The Morgan fingerprint density at radius 1 is 1.40 bits per heavy atom. The number of carbonyl (C=O) groups excluding carboxylic acids is 2. The van der Waals surface area contributed by atoms with Crippen LogP contribution in [0.2, 0.25) is 0 Å². The molecule has 0 aliphatic heterocycles. The van der Waals surface area contributed by atoms with Crippen molar-refractivity contribution in [3.05, 3.63) is 0 Å². The normalized spacial score (nSPS) is 21.3. The summed E-state index contributed by atoms with van der Waals surface area (Å²) >= 11 is 0. The van der Waals surface area contributed by atoms with Crippen LogP contribution in [-0.2, 0) is 9.59 Å². The van der Waals surface area contributed by atoms with Gasteiger partial charge in [-0.2, -0.15) is 0 Å². The molecule has 0 radical (unpaired) electrons. The maximum Gasteiger partial charge on any atom is 0.149 e. The summed E-state index contributed by atoms with van der Waals surface area (Å²) in [5.74, 6) is -0.504. The maximum atomic E-state index is 10.9. The molecule has 0 bridgehead atoms. The highest BCUT2D eigenvalue weighted by atomic mass is 16.2. The second kappa shape index (κ2) is 2.73. The van der Waals surface area contributed by atoms with Gasteiger partial charge in [0.1, 0.15) is 17.5 Å². The number of hydrogen-bond acceptors (Lipinski definition) is 3. The van der Waals surface area contributed by atoms with Gasteiger partial charge in [-0.25, -0.2) is 0 Å². The SMILES string of the molecule is CN=CC1C(=O)CCC1=O. The Balaban J connectivity index is 2.72. The summed E-state index contributed by atoms with van der Waals surface area (Å²) in [7, 11) is 1.57. The summed E-state index contributed by atoms with van der Waals surface area (Å²) in [6, 6.07) is 0. The molecule has 0 unspecified atom stereocenters. The first-order valence-electron chi connectivity index (χ1n) is 3.23. The van der Waals surface area contributed by atoms with Gasteiger partial charge in [0.05, 0.1) is 0 Å². The number of carbonyl (C=O) groups is 2. The molecule has 3 heteroatoms. The summed E-state index contributed by atoms with van der Waals surface area (Å²) in [6.45, 7) is 0. The standard InChI is InChI=1S/C7H9NO2/c1-8-4-5-6(9)2-3-7(5)10/h4-5H,2-3H2,1H3. The average Bonchev–Trinajstić information content (AvgIpc) is 2.20. The van der Waals surface area contributed by atoms with Crippen molar-refractivity contribution in [3.63, 3.8) is 0 Å². The molecule has 3 nitrogen and oxygen atoms in total. The van der Waals surface area contributed by atoms with Crippen LogP contribution in [0.1, 0.15) is 12.8 Å². The molecular weight excluding hydrogens is 130 g/mol. The number of Topliss-reactive ketones (excluding diaryl/α,β-unsaturated/α-hetero) is 2. The molecule has 0 saturated heterocycles. The lowest BCUT2D eigenvalue weighted by molar-refractivity contribution is -0.124. The minimum atomic E-state index is -0.523. The summed E-state index contributed by atoms with van der Waals surface area (Å²) < 4.78 is 0. The number of aliphatic imine (C=N–C) groups is 1. The fraction of sp³-hybridized carbons (Fsp3) is 0.571. The molecule has 0 aromatic heterocycles. The summed E-state index contributed by atoms with van der Waals surface area (Å²) in [4.78, 5) is 25.4. The van der Waals surface area contributed by atoms with E-state index >= 15 is 0 Å². The molecule has 0 heterocycles. The Labute approximate surface area is 59.1 Å². The van der Waals surface area contributed by atoms with Crippen molar-refractivity contribution >= 4 is 17.8 Å². The quantitative estimate of drug-likeness (QED) is 0.385. The van der Waals surface area contributed by atoms with Gasteiger partial charge in [0, 0.05) is 26.1 Å². The Hall–Kier alpha value is -0.990. The zero-order valence-corrected chi connectivity index (χ0v) is 5.83. The van der Waals surface area contributed by atoms with Gasteiger partial charge in [-0.3, -0.25) is 14.6 Å².